The first kappa shape index (κ1) is 72.1. The molecule has 3 N–H and O–H groups in total. The SMILES string of the molecule is CC/C=C\C/C=C\C/C=C\C/C=C\CCCCC(=O)OC1C(OCC(COC(=O)CCCCCCCCC/C=C\C/C=C\C/C=C\CC)OC(=O)CCCCCCCCC/C=C\C/C=C\C/C=C\CC)OC(C(=O)O)C(O)C1O. The van der Waals surface area contributed by atoms with Crippen LogP contribution in [0.5, 0.6) is 0 Å². The molecule has 1 fully saturated rings. The number of esters is 3. The molecule has 1 aliphatic rings. The van der Waals surface area contributed by atoms with Crippen molar-refractivity contribution in [2.24, 2.45) is 0 Å². The van der Waals surface area contributed by atoms with Crippen LogP contribution in [0.2, 0.25) is 0 Å². The molecule has 0 aromatic heterocycles. The van der Waals surface area contributed by atoms with Gasteiger partial charge in [0.25, 0.3) is 0 Å². The Kier molecular flexibility index (Phi) is 49.1. The van der Waals surface area contributed by atoms with Gasteiger partial charge in [-0.3, -0.25) is 14.4 Å². The van der Waals surface area contributed by atoms with Crippen molar-refractivity contribution in [3.05, 3.63) is 122 Å². The van der Waals surface area contributed by atoms with E-state index in [1.165, 1.54) is 6.42 Å². The molecule has 0 amide bonds. The number of hydrogen-bond acceptors (Lipinski definition) is 11. The summed E-state index contributed by atoms with van der Waals surface area (Å²) in [6, 6.07) is 0. The van der Waals surface area contributed by atoms with Gasteiger partial charge in [-0.2, -0.15) is 0 Å². The Hall–Kier alpha value is -4.88. The normalized spacial score (nSPS) is 18.7. The zero-order valence-electron chi connectivity index (χ0n) is 49.1. The number of carboxylic acids is 1. The Labute approximate surface area is 478 Å². The van der Waals surface area contributed by atoms with E-state index in [1.807, 2.05) is 0 Å². The highest BCUT2D eigenvalue weighted by Gasteiger charge is 2.50. The molecule has 1 saturated heterocycles. The van der Waals surface area contributed by atoms with Crippen molar-refractivity contribution < 1.29 is 58.2 Å². The number of hydrogen-bond donors (Lipinski definition) is 3. The van der Waals surface area contributed by atoms with Crippen LogP contribution in [-0.2, 0) is 42.9 Å². The van der Waals surface area contributed by atoms with Gasteiger partial charge in [0.1, 0.15) is 18.8 Å². The fourth-order valence-electron chi connectivity index (χ4n) is 8.45. The second-order valence-electron chi connectivity index (χ2n) is 20.2. The van der Waals surface area contributed by atoms with Gasteiger partial charge < -0.3 is 39.0 Å². The molecule has 1 aliphatic heterocycles. The number of unbranched alkanes of at least 4 members (excludes halogenated alkanes) is 16. The lowest BCUT2D eigenvalue weighted by atomic mass is 9.98. The number of aliphatic hydroxyl groups excluding tert-OH is 2. The number of ether oxygens (including phenoxy) is 5. The van der Waals surface area contributed by atoms with Crippen molar-refractivity contribution in [2.45, 2.75) is 263 Å². The third kappa shape index (κ3) is 43.6. The van der Waals surface area contributed by atoms with Gasteiger partial charge in [0.2, 0.25) is 0 Å². The number of allylic oxidation sites excluding steroid dienone is 20. The second kappa shape index (κ2) is 53.7. The fraction of sp³-hybridized carbons (Fsp3) is 0.642. The molecule has 0 aliphatic carbocycles. The highest BCUT2D eigenvalue weighted by atomic mass is 16.7. The van der Waals surface area contributed by atoms with E-state index in [4.69, 9.17) is 23.7 Å². The van der Waals surface area contributed by atoms with Gasteiger partial charge in [-0.05, 0) is 122 Å². The standard InChI is InChI=1S/C67H106O12/c1-4-7-10-13-16-19-22-25-28-30-33-35-38-41-44-47-50-53-59(68)75-56-58(77-60(69)54-51-48-45-42-39-37-34-31-29-26-23-20-17-14-11-8-5-2)57-76-67-65(63(72)62(71)64(79-67)66(73)74)78-61(70)55-52-49-46-43-40-36-32-27-24-21-18-15-12-9-6-3/h7-12,16-21,25-29,32,40,43,58,62-65,67,71-72H,4-6,13-15,22-24,30-31,33-39,41-42,44-57H2,1-3H3,(H,73,74)/b10-7-,11-8-,12-9-,19-16-,20-17-,21-18-,28-25-,29-26-,32-27-,43-40-. The van der Waals surface area contributed by atoms with Crippen molar-refractivity contribution in [3.8, 4) is 0 Å². The van der Waals surface area contributed by atoms with E-state index in [0.29, 0.717) is 25.7 Å². The molecule has 0 aromatic rings. The molecule has 79 heavy (non-hydrogen) atoms. The van der Waals surface area contributed by atoms with Gasteiger partial charge in [0, 0.05) is 19.3 Å². The number of carboxylic acid groups (broad SMARTS) is 1. The van der Waals surface area contributed by atoms with Crippen LogP contribution >= 0.6 is 0 Å². The summed E-state index contributed by atoms with van der Waals surface area (Å²) in [4.78, 5) is 51.2. The monoisotopic (exact) mass is 1100 g/mol. The smallest absolute Gasteiger partial charge is 0.335 e. The number of carbonyl (C=O) groups excluding carboxylic acids is 3. The zero-order chi connectivity index (χ0) is 57.5. The first-order chi connectivity index (χ1) is 38.6. The topological polar surface area (TPSA) is 175 Å². The molecule has 1 heterocycles. The predicted molar refractivity (Wildman–Crippen MR) is 321 cm³/mol. The van der Waals surface area contributed by atoms with Crippen molar-refractivity contribution in [1.29, 1.82) is 0 Å². The molecular formula is C67H106O12. The second-order valence-corrected chi connectivity index (χ2v) is 20.2. The van der Waals surface area contributed by atoms with Gasteiger partial charge in [-0.15, -0.1) is 0 Å². The highest BCUT2D eigenvalue weighted by Crippen LogP contribution is 2.26. The summed E-state index contributed by atoms with van der Waals surface area (Å²) in [5, 5.41) is 31.5. The lowest BCUT2D eigenvalue weighted by Gasteiger charge is -2.40. The van der Waals surface area contributed by atoms with E-state index in [9.17, 15) is 34.5 Å². The minimum absolute atomic E-state index is 0.0000788. The molecule has 12 nitrogen and oxygen atoms in total. The lowest BCUT2D eigenvalue weighted by molar-refractivity contribution is -0.301. The lowest BCUT2D eigenvalue weighted by Crippen LogP contribution is -2.61. The minimum Gasteiger partial charge on any atom is -0.479 e. The summed E-state index contributed by atoms with van der Waals surface area (Å²) in [6.07, 6.45) is 61.6. The van der Waals surface area contributed by atoms with Crippen LogP contribution in [0.15, 0.2) is 122 Å². The maximum absolute atomic E-state index is 13.2. The predicted octanol–water partition coefficient (Wildman–Crippen LogP) is 16.0. The molecular weight excluding hydrogens is 997 g/mol. The average Bonchev–Trinajstić information content (AvgIpc) is 3.43. The summed E-state index contributed by atoms with van der Waals surface area (Å²) in [5.41, 5.74) is 0. The van der Waals surface area contributed by atoms with Crippen LogP contribution in [0.1, 0.15) is 226 Å². The molecule has 0 spiro atoms. The minimum atomic E-state index is -1.93. The molecule has 1 rings (SSSR count). The largest absolute Gasteiger partial charge is 0.479 e. The summed E-state index contributed by atoms with van der Waals surface area (Å²) in [6.45, 7) is 5.62. The molecule has 0 radical (unpaired) electrons. The quantitative estimate of drug-likeness (QED) is 0.0228. The van der Waals surface area contributed by atoms with E-state index in [0.717, 1.165) is 154 Å². The highest BCUT2D eigenvalue weighted by molar-refractivity contribution is 5.74. The van der Waals surface area contributed by atoms with Crippen LogP contribution < -0.4 is 0 Å². The number of aliphatic hydroxyl groups is 2. The average molecular weight is 1100 g/mol. The van der Waals surface area contributed by atoms with Gasteiger partial charge >= 0.3 is 23.9 Å². The maximum atomic E-state index is 13.2. The molecule has 12 heteroatoms. The van der Waals surface area contributed by atoms with Crippen molar-refractivity contribution >= 4 is 23.9 Å². The summed E-state index contributed by atoms with van der Waals surface area (Å²) < 4.78 is 28.4. The summed E-state index contributed by atoms with van der Waals surface area (Å²) >= 11 is 0. The molecule has 6 atom stereocenters. The van der Waals surface area contributed by atoms with Crippen molar-refractivity contribution in [1.82, 2.24) is 0 Å². The van der Waals surface area contributed by atoms with Crippen LogP contribution in [0.4, 0.5) is 0 Å². The maximum Gasteiger partial charge on any atom is 0.335 e. The van der Waals surface area contributed by atoms with E-state index in [-0.39, 0.29) is 25.9 Å². The number of aliphatic carboxylic acids is 1. The van der Waals surface area contributed by atoms with Gasteiger partial charge in [-0.1, -0.05) is 206 Å². The van der Waals surface area contributed by atoms with E-state index >= 15 is 0 Å². The van der Waals surface area contributed by atoms with Crippen LogP contribution in [0.25, 0.3) is 0 Å². The first-order valence-corrected chi connectivity index (χ1v) is 30.5. The van der Waals surface area contributed by atoms with Gasteiger partial charge in [-0.25, -0.2) is 4.79 Å². The first-order valence-electron chi connectivity index (χ1n) is 30.5. The molecule has 0 saturated carbocycles. The van der Waals surface area contributed by atoms with Crippen molar-refractivity contribution in [2.75, 3.05) is 13.2 Å². The van der Waals surface area contributed by atoms with Crippen molar-refractivity contribution in [3.63, 3.8) is 0 Å². The van der Waals surface area contributed by atoms with E-state index in [2.05, 4.69) is 142 Å². The Morgan fingerprint density at radius 1 is 0.418 bits per heavy atom. The Morgan fingerprint density at radius 3 is 1.18 bits per heavy atom. The van der Waals surface area contributed by atoms with Crippen LogP contribution in [0, 0.1) is 0 Å². The molecule has 0 aromatic carbocycles. The molecule has 446 valence electrons. The van der Waals surface area contributed by atoms with Crippen LogP contribution in [0.3, 0.4) is 0 Å². The fourth-order valence-corrected chi connectivity index (χ4v) is 8.45. The third-order valence-electron chi connectivity index (χ3n) is 13.0. The Bertz CT molecular complexity index is 1840. The van der Waals surface area contributed by atoms with E-state index < -0.39 is 67.3 Å². The summed E-state index contributed by atoms with van der Waals surface area (Å²) in [5.74, 6) is -3.21. The van der Waals surface area contributed by atoms with E-state index in [1.54, 1.807) is 0 Å². The van der Waals surface area contributed by atoms with Crippen LogP contribution in [-0.4, -0.2) is 89.2 Å². The number of rotatable bonds is 50. The zero-order valence-corrected chi connectivity index (χ0v) is 49.1. The Morgan fingerprint density at radius 2 is 0.759 bits per heavy atom. The summed E-state index contributed by atoms with van der Waals surface area (Å²) in [7, 11) is 0. The van der Waals surface area contributed by atoms with Gasteiger partial charge in [0.15, 0.2) is 24.6 Å². The molecule has 6 unspecified atom stereocenters. The number of carbonyl (C=O) groups is 4. The third-order valence-corrected chi connectivity index (χ3v) is 13.0. The van der Waals surface area contributed by atoms with Gasteiger partial charge in [0.05, 0.1) is 6.61 Å². The molecule has 0 bridgehead atoms. The Balaban J connectivity index is 2.72.